The van der Waals surface area contributed by atoms with Crippen LogP contribution in [-0.4, -0.2) is 4.98 Å². The normalized spacial score (nSPS) is 12.7. The minimum atomic E-state index is -0.148. The number of hydrogen-bond acceptors (Lipinski definition) is 4. The van der Waals surface area contributed by atoms with E-state index in [1.807, 2.05) is 11.4 Å². The van der Waals surface area contributed by atoms with Gasteiger partial charge >= 0.3 is 0 Å². The molecule has 0 saturated heterocycles. The molecule has 2 heterocycles. The van der Waals surface area contributed by atoms with Crippen molar-refractivity contribution in [3.8, 4) is 0 Å². The predicted octanol–water partition coefficient (Wildman–Crippen LogP) is 3.96. The Morgan fingerprint density at radius 3 is 2.83 bits per heavy atom. The molecule has 0 amide bonds. The van der Waals surface area contributed by atoms with E-state index in [1.54, 1.807) is 23.6 Å². The molecule has 18 heavy (non-hydrogen) atoms. The molecule has 0 fully saturated rings. The summed E-state index contributed by atoms with van der Waals surface area (Å²) in [7, 11) is 0. The van der Waals surface area contributed by atoms with Crippen molar-refractivity contribution in [1.82, 2.24) is 10.4 Å². The maximum atomic E-state index is 6.13. The van der Waals surface area contributed by atoms with Gasteiger partial charge in [0.25, 0.3) is 0 Å². The van der Waals surface area contributed by atoms with Crippen molar-refractivity contribution in [2.24, 2.45) is 5.84 Å². The number of pyridine rings is 1. The number of hydrazine groups is 1. The third-order valence-corrected chi connectivity index (χ3v) is 4.91. The van der Waals surface area contributed by atoms with Gasteiger partial charge in [-0.25, -0.2) is 0 Å². The number of nitrogens with one attached hydrogen (secondary N) is 1. The zero-order valence-corrected chi connectivity index (χ0v) is 13.1. The first-order chi connectivity index (χ1) is 8.61. The van der Waals surface area contributed by atoms with Gasteiger partial charge in [-0.2, -0.15) is 0 Å². The van der Waals surface area contributed by atoms with Crippen LogP contribution in [0.2, 0.25) is 10.0 Å². The van der Waals surface area contributed by atoms with Crippen molar-refractivity contribution in [2.45, 2.75) is 12.5 Å². The Bertz CT molecular complexity index is 547. The van der Waals surface area contributed by atoms with Crippen molar-refractivity contribution in [1.29, 1.82) is 0 Å². The quantitative estimate of drug-likeness (QED) is 0.636. The van der Waals surface area contributed by atoms with Crippen LogP contribution in [0.3, 0.4) is 0 Å². The van der Waals surface area contributed by atoms with Gasteiger partial charge < -0.3 is 0 Å². The standard InChI is InChI=1S/C11H10BrCl2N3S/c12-7-1-2-18-10(7)4-9(17-15)11-8(14)3-6(13)5-16-11/h1-3,5,9,17H,4,15H2. The molecular formula is C11H10BrCl2N3S. The summed E-state index contributed by atoms with van der Waals surface area (Å²) in [4.78, 5) is 5.43. The van der Waals surface area contributed by atoms with E-state index in [4.69, 9.17) is 29.0 Å². The van der Waals surface area contributed by atoms with E-state index < -0.39 is 0 Å². The molecule has 0 aliphatic rings. The van der Waals surface area contributed by atoms with Crippen LogP contribution in [0.15, 0.2) is 28.2 Å². The highest BCUT2D eigenvalue weighted by Gasteiger charge is 2.17. The number of aromatic nitrogens is 1. The number of nitrogens with two attached hydrogens (primary N) is 1. The van der Waals surface area contributed by atoms with Crippen LogP contribution in [0.25, 0.3) is 0 Å². The van der Waals surface area contributed by atoms with Crippen molar-refractivity contribution in [3.63, 3.8) is 0 Å². The Balaban J connectivity index is 2.26. The molecule has 0 saturated carbocycles. The molecule has 0 spiro atoms. The van der Waals surface area contributed by atoms with Gasteiger partial charge in [-0.3, -0.25) is 16.3 Å². The van der Waals surface area contributed by atoms with Crippen LogP contribution >= 0.6 is 50.5 Å². The zero-order chi connectivity index (χ0) is 13.1. The Hall–Kier alpha value is -0.170. The van der Waals surface area contributed by atoms with E-state index in [0.717, 1.165) is 4.47 Å². The Morgan fingerprint density at radius 2 is 2.28 bits per heavy atom. The SMILES string of the molecule is NNC(Cc1sccc1Br)c1ncc(Cl)cc1Cl. The monoisotopic (exact) mass is 365 g/mol. The van der Waals surface area contributed by atoms with Gasteiger partial charge in [0.2, 0.25) is 0 Å². The minimum absolute atomic E-state index is 0.148. The molecule has 3 N–H and O–H groups in total. The molecule has 96 valence electrons. The average molecular weight is 367 g/mol. The van der Waals surface area contributed by atoms with E-state index in [0.29, 0.717) is 22.2 Å². The number of thiophene rings is 1. The lowest BCUT2D eigenvalue weighted by Crippen LogP contribution is -2.30. The molecule has 1 unspecified atom stereocenters. The fourth-order valence-electron chi connectivity index (χ4n) is 1.57. The lowest BCUT2D eigenvalue weighted by molar-refractivity contribution is 0.541. The van der Waals surface area contributed by atoms with Gasteiger partial charge in [0.15, 0.2) is 0 Å². The molecular weight excluding hydrogens is 357 g/mol. The summed E-state index contributed by atoms with van der Waals surface area (Å²) >= 11 is 17.1. The van der Waals surface area contributed by atoms with Crippen LogP contribution in [0.1, 0.15) is 16.6 Å². The molecule has 0 aliphatic carbocycles. The van der Waals surface area contributed by atoms with Crippen molar-refractivity contribution >= 4 is 50.5 Å². The number of halogens is 3. The lowest BCUT2D eigenvalue weighted by Gasteiger charge is -2.16. The van der Waals surface area contributed by atoms with Gasteiger partial charge in [0.05, 0.1) is 21.8 Å². The molecule has 0 bridgehead atoms. The van der Waals surface area contributed by atoms with E-state index >= 15 is 0 Å². The van der Waals surface area contributed by atoms with E-state index in [-0.39, 0.29) is 6.04 Å². The maximum Gasteiger partial charge on any atom is 0.0777 e. The summed E-state index contributed by atoms with van der Waals surface area (Å²) in [6.45, 7) is 0. The molecule has 1 atom stereocenters. The summed E-state index contributed by atoms with van der Waals surface area (Å²) < 4.78 is 1.07. The van der Waals surface area contributed by atoms with Crippen LogP contribution in [0.4, 0.5) is 0 Å². The third kappa shape index (κ3) is 3.23. The third-order valence-electron chi connectivity index (χ3n) is 2.45. The molecule has 7 heteroatoms. The summed E-state index contributed by atoms with van der Waals surface area (Å²) in [5.41, 5.74) is 3.44. The average Bonchev–Trinajstić information content (AvgIpc) is 2.73. The smallest absolute Gasteiger partial charge is 0.0777 e. The Morgan fingerprint density at radius 1 is 1.50 bits per heavy atom. The second kappa shape index (κ2) is 6.32. The van der Waals surface area contributed by atoms with E-state index in [1.165, 1.54) is 4.88 Å². The fraction of sp³-hybridized carbons (Fsp3) is 0.182. The molecule has 0 radical (unpaired) electrons. The van der Waals surface area contributed by atoms with Crippen LogP contribution in [-0.2, 0) is 6.42 Å². The fourth-order valence-corrected chi connectivity index (χ4v) is 3.65. The van der Waals surface area contributed by atoms with Crippen LogP contribution in [0, 0.1) is 0 Å². The van der Waals surface area contributed by atoms with Gasteiger partial charge in [-0.15, -0.1) is 11.3 Å². The second-order valence-electron chi connectivity index (χ2n) is 3.64. The molecule has 3 nitrogen and oxygen atoms in total. The predicted molar refractivity (Wildman–Crippen MR) is 80.0 cm³/mol. The lowest BCUT2D eigenvalue weighted by atomic mass is 10.1. The Kier molecular flexibility index (Phi) is 5.00. The first-order valence-electron chi connectivity index (χ1n) is 5.10. The van der Waals surface area contributed by atoms with Crippen LogP contribution in [0.5, 0.6) is 0 Å². The number of rotatable bonds is 4. The first kappa shape index (κ1) is 14.2. The summed E-state index contributed by atoms with van der Waals surface area (Å²) in [5.74, 6) is 5.59. The highest BCUT2D eigenvalue weighted by molar-refractivity contribution is 9.10. The topological polar surface area (TPSA) is 50.9 Å². The highest BCUT2D eigenvalue weighted by atomic mass is 79.9. The van der Waals surface area contributed by atoms with Gasteiger partial charge in [-0.05, 0) is 33.4 Å². The first-order valence-corrected chi connectivity index (χ1v) is 7.53. The highest BCUT2D eigenvalue weighted by Crippen LogP contribution is 2.30. The van der Waals surface area contributed by atoms with Crippen molar-refractivity contribution in [2.75, 3.05) is 0 Å². The van der Waals surface area contributed by atoms with E-state index in [2.05, 4.69) is 26.3 Å². The summed E-state index contributed by atoms with van der Waals surface area (Å²) in [6.07, 6.45) is 2.28. The number of nitrogens with zero attached hydrogens (tertiary/aromatic N) is 1. The molecule has 0 aliphatic heterocycles. The molecule has 0 aromatic carbocycles. The van der Waals surface area contributed by atoms with Gasteiger partial charge in [0, 0.05) is 22.0 Å². The minimum Gasteiger partial charge on any atom is -0.271 e. The molecule has 2 aromatic rings. The maximum absolute atomic E-state index is 6.13. The van der Waals surface area contributed by atoms with E-state index in [9.17, 15) is 0 Å². The Labute approximate surface area is 127 Å². The second-order valence-corrected chi connectivity index (χ2v) is 6.33. The molecule has 2 aromatic heterocycles. The zero-order valence-electron chi connectivity index (χ0n) is 9.16. The molecule has 2 rings (SSSR count). The largest absolute Gasteiger partial charge is 0.271 e. The van der Waals surface area contributed by atoms with Crippen LogP contribution < -0.4 is 11.3 Å². The van der Waals surface area contributed by atoms with Crippen molar-refractivity contribution in [3.05, 3.63) is 48.8 Å². The summed E-state index contributed by atoms with van der Waals surface area (Å²) in [6, 6.07) is 3.52. The van der Waals surface area contributed by atoms with Crippen molar-refractivity contribution < 1.29 is 0 Å². The van der Waals surface area contributed by atoms with Gasteiger partial charge in [-0.1, -0.05) is 23.2 Å². The van der Waals surface area contributed by atoms with Gasteiger partial charge in [0.1, 0.15) is 0 Å². The summed E-state index contributed by atoms with van der Waals surface area (Å²) in [5, 5.41) is 3.04. The number of hydrogen-bond donors (Lipinski definition) is 2.